The summed E-state index contributed by atoms with van der Waals surface area (Å²) in [5.41, 5.74) is 1.25. The molecule has 0 N–H and O–H groups in total. The number of nitrogens with zero attached hydrogens (tertiary/aromatic N) is 3. The van der Waals surface area contributed by atoms with Crippen LogP contribution in [0.15, 0.2) is 0 Å². The monoisotopic (exact) mass is 381 g/mol. The first kappa shape index (κ1) is 24.9. The lowest BCUT2D eigenvalue weighted by Gasteiger charge is -2.42. The van der Waals surface area contributed by atoms with E-state index in [-0.39, 0.29) is 0 Å². The lowest BCUT2D eigenvalue weighted by atomic mass is 10.0. The molecule has 0 unspecified atom stereocenters. The fourth-order valence-corrected chi connectivity index (χ4v) is 3.94. The van der Waals surface area contributed by atoms with Crippen LogP contribution in [0.1, 0.15) is 101 Å². The Hall–Kier alpha value is -0.120. The van der Waals surface area contributed by atoms with Gasteiger partial charge in [-0.3, -0.25) is 14.7 Å². The SMILES string of the molecule is CC(C)(C)N1CCC1.CC(C)(C)N1CCCC1.CC(C)(C)N1CCCCC1. The van der Waals surface area contributed by atoms with Crippen LogP contribution in [0.3, 0.4) is 0 Å². The van der Waals surface area contributed by atoms with Crippen LogP contribution in [0.25, 0.3) is 0 Å². The molecule has 0 bridgehead atoms. The molecule has 0 amide bonds. The Balaban J connectivity index is 0.000000204. The average molecular weight is 382 g/mol. The molecule has 3 heterocycles. The zero-order valence-electron chi connectivity index (χ0n) is 20.3. The Morgan fingerprint density at radius 2 is 0.556 bits per heavy atom. The van der Waals surface area contributed by atoms with Gasteiger partial charge in [-0.1, -0.05) is 6.42 Å². The summed E-state index contributed by atoms with van der Waals surface area (Å²) in [7, 11) is 0. The first-order valence-corrected chi connectivity index (χ1v) is 11.6. The van der Waals surface area contributed by atoms with Crippen LogP contribution in [-0.4, -0.2) is 70.6 Å². The summed E-state index contributed by atoms with van der Waals surface area (Å²) in [5.74, 6) is 0. The topological polar surface area (TPSA) is 9.72 Å². The maximum atomic E-state index is 2.58. The van der Waals surface area contributed by atoms with Gasteiger partial charge in [0.25, 0.3) is 0 Å². The highest BCUT2D eigenvalue weighted by Gasteiger charge is 2.26. The van der Waals surface area contributed by atoms with E-state index in [0.29, 0.717) is 16.6 Å². The van der Waals surface area contributed by atoms with Gasteiger partial charge < -0.3 is 0 Å². The molecule has 0 atom stereocenters. The molecule has 3 fully saturated rings. The Bertz CT molecular complexity index is 381. The van der Waals surface area contributed by atoms with Crippen molar-refractivity contribution in [3.8, 4) is 0 Å². The predicted molar refractivity (Wildman–Crippen MR) is 122 cm³/mol. The average Bonchev–Trinajstić information content (AvgIpc) is 2.99. The standard InChI is InChI=1S/C9H19N.C8H17N.C7H15N/c1-9(2,3)10-7-5-4-6-8-10;1-8(2,3)9-6-4-5-7-9;1-7(2,3)8-5-4-6-8/h4-8H2,1-3H3;4-7H2,1-3H3;4-6H2,1-3H3. The smallest absolute Gasteiger partial charge is 0.0125 e. The van der Waals surface area contributed by atoms with Crippen molar-refractivity contribution in [1.29, 1.82) is 0 Å². The summed E-state index contributed by atoms with van der Waals surface area (Å²) >= 11 is 0. The second-order valence-corrected chi connectivity index (χ2v) is 11.6. The number of piperidine rings is 1. The van der Waals surface area contributed by atoms with Gasteiger partial charge in [0.15, 0.2) is 0 Å². The van der Waals surface area contributed by atoms with Gasteiger partial charge in [-0.2, -0.15) is 0 Å². The molecule has 3 nitrogen and oxygen atoms in total. The molecule has 3 heteroatoms. The van der Waals surface area contributed by atoms with E-state index < -0.39 is 0 Å². The van der Waals surface area contributed by atoms with E-state index in [1.54, 1.807) is 0 Å². The molecule has 0 spiro atoms. The highest BCUT2D eigenvalue weighted by molar-refractivity contribution is 4.82. The normalized spacial score (nSPS) is 23.0. The predicted octanol–water partition coefficient (Wildman–Crippen LogP) is 5.64. The Morgan fingerprint density at radius 3 is 0.704 bits per heavy atom. The molecule has 27 heavy (non-hydrogen) atoms. The molecule has 3 saturated heterocycles. The molecule has 0 saturated carbocycles. The first-order chi connectivity index (χ1) is 12.3. The Labute approximate surface area is 171 Å². The van der Waals surface area contributed by atoms with Crippen molar-refractivity contribution < 1.29 is 0 Å². The van der Waals surface area contributed by atoms with Crippen LogP contribution >= 0.6 is 0 Å². The first-order valence-electron chi connectivity index (χ1n) is 11.6. The minimum Gasteiger partial charge on any atom is -0.298 e. The minimum absolute atomic E-state index is 0.403. The lowest BCUT2D eigenvalue weighted by Crippen LogP contribution is -2.49. The van der Waals surface area contributed by atoms with Gasteiger partial charge in [0.2, 0.25) is 0 Å². The van der Waals surface area contributed by atoms with Crippen molar-refractivity contribution in [2.75, 3.05) is 39.3 Å². The van der Waals surface area contributed by atoms with Gasteiger partial charge in [-0.15, -0.1) is 0 Å². The molecule has 0 aromatic carbocycles. The maximum Gasteiger partial charge on any atom is 0.0125 e. The van der Waals surface area contributed by atoms with Crippen LogP contribution < -0.4 is 0 Å². The van der Waals surface area contributed by atoms with Gasteiger partial charge in [0, 0.05) is 16.6 Å². The van der Waals surface area contributed by atoms with E-state index in [2.05, 4.69) is 77.0 Å². The van der Waals surface area contributed by atoms with Crippen molar-refractivity contribution in [2.24, 2.45) is 0 Å². The highest BCUT2D eigenvalue weighted by Crippen LogP contribution is 2.20. The molecule has 162 valence electrons. The van der Waals surface area contributed by atoms with E-state index in [1.165, 1.54) is 77.8 Å². The number of likely N-dealkylation sites (tertiary alicyclic amines) is 3. The van der Waals surface area contributed by atoms with Crippen molar-refractivity contribution in [3.63, 3.8) is 0 Å². The van der Waals surface area contributed by atoms with Crippen LogP contribution in [-0.2, 0) is 0 Å². The minimum atomic E-state index is 0.403. The zero-order chi connectivity index (χ0) is 20.7. The molecule has 0 aromatic heterocycles. The number of hydrogen-bond acceptors (Lipinski definition) is 3. The summed E-state index contributed by atoms with van der Waals surface area (Å²) < 4.78 is 0. The van der Waals surface area contributed by atoms with Crippen molar-refractivity contribution in [1.82, 2.24) is 14.7 Å². The van der Waals surface area contributed by atoms with Crippen LogP contribution in [0.2, 0.25) is 0 Å². The van der Waals surface area contributed by atoms with E-state index in [1.807, 2.05) is 0 Å². The molecule has 3 rings (SSSR count). The largest absolute Gasteiger partial charge is 0.298 e. The third-order valence-electron chi connectivity index (χ3n) is 6.16. The molecule has 0 radical (unpaired) electrons. The second kappa shape index (κ2) is 10.6. The van der Waals surface area contributed by atoms with E-state index in [9.17, 15) is 0 Å². The highest BCUT2D eigenvalue weighted by atomic mass is 15.2. The summed E-state index contributed by atoms with van der Waals surface area (Å²) in [6, 6.07) is 0. The molecule has 3 aliphatic heterocycles. The quantitative estimate of drug-likeness (QED) is 0.537. The van der Waals surface area contributed by atoms with E-state index in [4.69, 9.17) is 0 Å². The summed E-state index contributed by atoms with van der Waals surface area (Å²) in [6.07, 6.45) is 8.44. The lowest BCUT2D eigenvalue weighted by molar-refractivity contribution is 0.0690. The van der Waals surface area contributed by atoms with Gasteiger partial charge in [-0.25, -0.2) is 0 Å². The molecule has 0 aromatic rings. The third kappa shape index (κ3) is 9.76. The Kier molecular flexibility index (Phi) is 9.78. The fourth-order valence-electron chi connectivity index (χ4n) is 3.94. The van der Waals surface area contributed by atoms with Gasteiger partial charge in [0.1, 0.15) is 0 Å². The molecule has 0 aliphatic carbocycles. The van der Waals surface area contributed by atoms with Crippen LogP contribution in [0, 0.1) is 0 Å². The number of rotatable bonds is 0. The van der Waals surface area contributed by atoms with Crippen molar-refractivity contribution in [2.45, 2.75) is 117 Å². The summed E-state index contributed by atoms with van der Waals surface area (Å²) in [4.78, 5) is 7.62. The maximum absolute atomic E-state index is 2.58. The van der Waals surface area contributed by atoms with Gasteiger partial charge in [-0.05, 0) is 134 Å². The van der Waals surface area contributed by atoms with Gasteiger partial charge in [0.05, 0.1) is 0 Å². The molecular formula is C24H51N3. The van der Waals surface area contributed by atoms with Gasteiger partial charge >= 0.3 is 0 Å². The molecule has 3 aliphatic rings. The van der Waals surface area contributed by atoms with Crippen LogP contribution in [0.4, 0.5) is 0 Å². The fraction of sp³-hybridized carbons (Fsp3) is 1.00. The van der Waals surface area contributed by atoms with E-state index >= 15 is 0 Å². The van der Waals surface area contributed by atoms with Crippen molar-refractivity contribution >= 4 is 0 Å². The Morgan fingerprint density at radius 1 is 0.333 bits per heavy atom. The second-order valence-electron chi connectivity index (χ2n) is 11.6. The van der Waals surface area contributed by atoms with Crippen molar-refractivity contribution in [3.05, 3.63) is 0 Å². The van der Waals surface area contributed by atoms with E-state index in [0.717, 1.165) is 0 Å². The summed E-state index contributed by atoms with van der Waals surface area (Å²) in [5, 5.41) is 0. The number of hydrogen-bond donors (Lipinski definition) is 0. The third-order valence-corrected chi connectivity index (χ3v) is 6.16. The zero-order valence-corrected chi connectivity index (χ0v) is 20.3. The van der Waals surface area contributed by atoms with Crippen LogP contribution in [0.5, 0.6) is 0 Å². The summed E-state index contributed by atoms with van der Waals surface area (Å²) in [6.45, 7) is 28.4. The molecular weight excluding hydrogens is 330 g/mol.